The number of nitrogens with two attached hydrogens (primary N) is 1. The largest absolute Gasteiger partial charge is 0.370 e. The Kier molecular flexibility index (Phi) is 3.97. The molecule has 0 atom stereocenters. The summed E-state index contributed by atoms with van der Waals surface area (Å²) in [6.07, 6.45) is 0. The maximum Gasteiger partial charge on any atom is 0.193 e. The summed E-state index contributed by atoms with van der Waals surface area (Å²) in [5, 5.41) is 3.07. The second-order valence-corrected chi connectivity index (χ2v) is 5.61. The van der Waals surface area contributed by atoms with E-state index in [4.69, 9.17) is 5.73 Å². The van der Waals surface area contributed by atoms with E-state index >= 15 is 0 Å². The van der Waals surface area contributed by atoms with Crippen LogP contribution in [-0.2, 0) is 0 Å². The van der Waals surface area contributed by atoms with Gasteiger partial charge in [0.15, 0.2) is 5.96 Å². The molecule has 0 fully saturated rings. The summed E-state index contributed by atoms with van der Waals surface area (Å²) in [5.74, 6) is 0.439. The number of hydrogen-bond donors (Lipinski definition) is 2. The van der Waals surface area contributed by atoms with Crippen molar-refractivity contribution in [1.82, 2.24) is 0 Å². The van der Waals surface area contributed by atoms with Gasteiger partial charge in [-0.1, -0.05) is 15.9 Å². The molecule has 0 amide bonds. The van der Waals surface area contributed by atoms with Gasteiger partial charge in [0.1, 0.15) is 0 Å². The number of halogens is 1. The van der Waals surface area contributed by atoms with Gasteiger partial charge in [-0.2, -0.15) is 0 Å². The first-order valence-corrected chi connectivity index (χ1v) is 5.96. The van der Waals surface area contributed by atoms with Crippen LogP contribution in [0, 0.1) is 6.92 Å². The Labute approximate surface area is 105 Å². The lowest BCUT2D eigenvalue weighted by atomic mass is 10.1. The number of hydrogen-bond acceptors (Lipinski definition) is 1. The minimum atomic E-state index is -0.165. The van der Waals surface area contributed by atoms with E-state index in [0.717, 1.165) is 15.7 Å². The summed E-state index contributed by atoms with van der Waals surface area (Å²) in [6.45, 7) is 8.06. The van der Waals surface area contributed by atoms with Crippen molar-refractivity contribution in [3.05, 3.63) is 28.2 Å². The summed E-state index contributed by atoms with van der Waals surface area (Å²) in [5.41, 5.74) is 7.75. The molecule has 0 heterocycles. The fraction of sp³-hybridized carbons (Fsp3) is 0.417. The van der Waals surface area contributed by atoms with E-state index in [0.29, 0.717) is 5.96 Å². The first-order valence-electron chi connectivity index (χ1n) is 5.16. The molecule has 3 N–H and O–H groups in total. The van der Waals surface area contributed by atoms with E-state index < -0.39 is 0 Å². The standard InChI is InChI=1S/C12H18BrN3/c1-8-7-9(5-6-10(8)13)15-11(14)16-12(2,3)4/h5-7H,1-4H3,(H3,14,15,16). The van der Waals surface area contributed by atoms with Crippen molar-refractivity contribution in [2.75, 3.05) is 5.32 Å². The number of rotatable bonds is 1. The van der Waals surface area contributed by atoms with Crippen LogP contribution in [0.3, 0.4) is 0 Å². The zero-order valence-electron chi connectivity index (χ0n) is 10.1. The third kappa shape index (κ3) is 4.23. The third-order valence-electron chi connectivity index (χ3n) is 1.89. The van der Waals surface area contributed by atoms with Gasteiger partial charge in [0.05, 0.1) is 5.54 Å². The van der Waals surface area contributed by atoms with Crippen LogP contribution >= 0.6 is 15.9 Å². The molecular weight excluding hydrogens is 266 g/mol. The van der Waals surface area contributed by atoms with Crippen LogP contribution in [0.4, 0.5) is 5.69 Å². The number of nitrogens with zero attached hydrogens (tertiary/aromatic N) is 1. The fourth-order valence-corrected chi connectivity index (χ4v) is 1.51. The molecule has 0 saturated carbocycles. The van der Waals surface area contributed by atoms with E-state index in [1.165, 1.54) is 0 Å². The van der Waals surface area contributed by atoms with Crippen LogP contribution in [-0.4, -0.2) is 11.5 Å². The van der Waals surface area contributed by atoms with Crippen LogP contribution in [0.15, 0.2) is 27.7 Å². The number of aryl methyl sites for hydroxylation is 1. The Morgan fingerprint density at radius 1 is 1.38 bits per heavy atom. The molecule has 0 aromatic heterocycles. The summed E-state index contributed by atoms with van der Waals surface area (Å²) >= 11 is 3.46. The molecule has 3 nitrogen and oxygen atoms in total. The Balaban J connectivity index is 2.81. The van der Waals surface area contributed by atoms with Crippen molar-refractivity contribution < 1.29 is 0 Å². The van der Waals surface area contributed by atoms with Crippen molar-refractivity contribution in [2.24, 2.45) is 10.7 Å². The summed E-state index contributed by atoms with van der Waals surface area (Å²) < 4.78 is 1.09. The third-order valence-corrected chi connectivity index (χ3v) is 2.78. The highest BCUT2D eigenvalue weighted by Crippen LogP contribution is 2.20. The molecule has 16 heavy (non-hydrogen) atoms. The quantitative estimate of drug-likeness (QED) is 0.614. The molecule has 0 bridgehead atoms. The van der Waals surface area contributed by atoms with Crippen molar-refractivity contribution in [2.45, 2.75) is 33.2 Å². The van der Waals surface area contributed by atoms with Gasteiger partial charge in [-0.3, -0.25) is 0 Å². The zero-order chi connectivity index (χ0) is 12.3. The lowest BCUT2D eigenvalue weighted by Crippen LogP contribution is -2.27. The topological polar surface area (TPSA) is 50.4 Å². The fourth-order valence-electron chi connectivity index (χ4n) is 1.26. The zero-order valence-corrected chi connectivity index (χ0v) is 11.7. The van der Waals surface area contributed by atoms with Gasteiger partial charge in [-0.15, -0.1) is 0 Å². The van der Waals surface area contributed by atoms with Crippen molar-refractivity contribution in [3.63, 3.8) is 0 Å². The Hall–Kier alpha value is -1.03. The minimum Gasteiger partial charge on any atom is -0.370 e. The van der Waals surface area contributed by atoms with Crippen LogP contribution in [0.5, 0.6) is 0 Å². The van der Waals surface area contributed by atoms with Gasteiger partial charge in [0, 0.05) is 10.2 Å². The highest BCUT2D eigenvalue weighted by atomic mass is 79.9. The molecule has 1 aromatic rings. The maximum absolute atomic E-state index is 5.81. The van der Waals surface area contributed by atoms with Gasteiger partial charge in [0.2, 0.25) is 0 Å². The monoisotopic (exact) mass is 283 g/mol. The van der Waals surface area contributed by atoms with Crippen molar-refractivity contribution in [3.8, 4) is 0 Å². The summed E-state index contributed by atoms with van der Waals surface area (Å²) in [7, 11) is 0. The lowest BCUT2D eigenvalue weighted by molar-refractivity contribution is 0.583. The second kappa shape index (κ2) is 4.87. The highest BCUT2D eigenvalue weighted by Gasteiger charge is 2.08. The Morgan fingerprint density at radius 2 is 2.00 bits per heavy atom. The van der Waals surface area contributed by atoms with Crippen LogP contribution in [0.2, 0.25) is 0 Å². The van der Waals surface area contributed by atoms with Gasteiger partial charge >= 0.3 is 0 Å². The number of nitrogens with one attached hydrogen (secondary N) is 1. The molecule has 0 aliphatic rings. The molecule has 1 aromatic carbocycles. The van der Waals surface area contributed by atoms with Crippen molar-refractivity contribution in [1.29, 1.82) is 0 Å². The summed E-state index contributed by atoms with van der Waals surface area (Å²) in [4.78, 5) is 4.33. The predicted molar refractivity (Wildman–Crippen MR) is 73.9 cm³/mol. The van der Waals surface area contributed by atoms with Gasteiger partial charge in [-0.05, 0) is 51.5 Å². The van der Waals surface area contributed by atoms with E-state index in [1.807, 2.05) is 45.9 Å². The second-order valence-electron chi connectivity index (χ2n) is 4.76. The van der Waals surface area contributed by atoms with Gasteiger partial charge in [0.25, 0.3) is 0 Å². The molecule has 88 valence electrons. The molecule has 0 aliphatic carbocycles. The molecule has 0 spiro atoms. The Morgan fingerprint density at radius 3 is 2.50 bits per heavy atom. The van der Waals surface area contributed by atoms with Crippen LogP contribution in [0.25, 0.3) is 0 Å². The number of guanidine groups is 1. The van der Waals surface area contributed by atoms with Gasteiger partial charge in [-0.25, -0.2) is 4.99 Å². The molecular formula is C12H18BrN3. The van der Waals surface area contributed by atoms with Crippen molar-refractivity contribution >= 4 is 27.6 Å². The normalized spacial score (nSPS) is 12.7. The molecule has 0 radical (unpaired) electrons. The molecule has 0 unspecified atom stereocenters. The van der Waals surface area contributed by atoms with Crippen LogP contribution < -0.4 is 11.1 Å². The van der Waals surface area contributed by atoms with Gasteiger partial charge < -0.3 is 11.1 Å². The minimum absolute atomic E-state index is 0.165. The van der Waals surface area contributed by atoms with E-state index in [1.54, 1.807) is 0 Å². The summed E-state index contributed by atoms with van der Waals surface area (Å²) in [6, 6.07) is 5.97. The molecule has 0 saturated heterocycles. The lowest BCUT2D eigenvalue weighted by Gasteiger charge is -2.14. The van der Waals surface area contributed by atoms with E-state index in [9.17, 15) is 0 Å². The molecule has 1 rings (SSSR count). The molecule has 0 aliphatic heterocycles. The number of benzene rings is 1. The van der Waals surface area contributed by atoms with Crippen LogP contribution in [0.1, 0.15) is 26.3 Å². The average Bonchev–Trinajstić information content (AvgIpc) is 2.08. The molecule has 4 heteroatoms. The maximum atomic E-state index is 5.81. The first kappa shape index (κ1) is 13.0. The highest BCUT2D eigenvalue weighted by molar-refractivity contribution is 9.10. The SMILES string of the molecule is Cc1cc(NC(N)=NC(C)(C)C)ccc1Br. The number of anilines is 1. The van der Waals surface area contributed by atoms with E-state index in [2.05, 4.69) is 26.2 Å². The first-order chi connectivity index (χ1) is 7.28. The van der Waals surface area contributed by atoms with E-state index in [-0.39, 0.29) is 5.54 Å². The smallest absolute Gasteiger partial charge is 0.193 e. The average molecular weight is 284 g/mol. The predicted octanol–water partition coefficient (Wildman–Crippen LogP) is 3.28. The Bertz CT molecular complexity index is 405. The number of aliphatic imine (C=N–C) groups is 1.